The maximum atomic E-state index is 12.1. The monoisotopic (exact) mass is 344 g/mol. The number of nitrogens with zero attached hydrogens (tertiary/aromatic N) is 2. The number of amides is 1. The quantitative estimate of drug-likeness (QED) is 0.641. The minimum atomic E-state index is -0.230. The topological polar surface area (TPSA) is 85.4 Å². The highest BCUT2D eigenvalue weighted by Crippen LogP contribution is 2.11. The average Bonchev–Trinajstić information content (AvgIpc) is 2.66. The Bertz CT molecular complexity index is 644. The molecule has 134 valence electrons. The first-order valence-electron chi connectivity index (χ1n) is 8.20. The molecule has 1 heterocycles. The lowest BCUT2D eigenvalue weighted by atomic mass is 10.1. The Labute approximate surface area is 147 Å². The van der Waals surface area contributed by atoms with Crippen molar-refractivity contribution in [2.24, 2.45) is 0 Å². The van der Waals surface area contributed by atoms with Gasteiger partial charge in [-0.25, -0.2) is 0 Å². The first-order chi connectivity index (χ1) is 12.2. The molecule has 1 aromatic heterocycles. The second-order valence-corrected chi connectivity index (χ2v) is 5.43. The molecule has 7 nitrogen and oxygen atoms in total. The fourth-order valence-electron chi connectivity index (χ4n) is 2.18. The smallest absolute Gasteiger partial charge is 0.271 e. The van der Waals surface area contributed by atoms with Crippen LogP contribution in [0.2, 0.25) is 0 Å². The summed E-state index contributed by atoms with van der Waals surface area (Å²) in [6.45, 7) is 1.97. The number of carbonyl (C=O) groups is 1. The van der Waals surface area contributed by atoms with Crippen LogP contribution in [-0.2, 0) is 11.2 Å². The zero-order chi connectivity index (χ0) is 17.9. The molecule has 2 N–H and O–H groups in total. The molecular weight excluding hydrogens is 320 g/mol. The minimum absolute atomic E-state index is 0.230. The van der Waals surface area contributed by atoms with Gasteiger partial charge in [0.05, 0.1) is 7.11 Å². The predicted molar refractivity (Wildman–Crippen MR) is 96.0 cm³/mol. The zero-order valence-corrected chi connectivity index (χ0v) is 14.6. The molecule has 1 amide bonds. The molecule has 0 atom stereocenters. The molecule has 0 aliphatic heterocycles. The van der Waals surface area contributed by atoms with Gasteiger partial charge in [0.25, 0.3) is 5.91 Å². The van der Waals surface area contributed by atoms with E-state index in [4.69, 9.17) is 9.47 Å². The number of anilines is 1. The summed E-state index contributed by atoms with van der Waals surface area (Å²) >= 11 is 0. The zero-order valence-electron chi connectivity index (χ0n) is 14.6. The summed E-state index contributed by atoms with van der Waals surface area (Å²) < 4.78 is 10.1. The largest absolute Gasteiger partial charge is 0.497 e. The van der Waals surface area contributed by atoms with Crippen LogP contribution >= 0.6 is 0 Å². The van der Waals surface area contributed by atoms with Crippen LogP contribution < -0.4 is 15.4 Å². The van der Waals surface area contributed by atoms with Crippen LogP contribution in [0.25, 0.3) is 0 Å². The fraction of sp³-hybridized carbons (Fsp3) is 0.389. The Balaban J connectivity index is 1.74. The van der Waals surface area contributed by atoms with Crippen molar-refractivity contribution in [3.63, 3.8) is 0 Å². The van der Waals surface area contributed by atoms with Crippen LogP contribution in [0.15, 0.2) is 36.4 Å². The van der Waals surface area contributed by atoms with Crippen LogP contribution in [0, 0.1) is 0 Å². The van der Waals surface area contributed by atoms with E-state index in [1.165, 1.54) is 0 Å². The molecule has 1 aromatic carbocycles. The lowest BCUT2D eigenvalue weighted by Crippen LogP contribution is -2.26. The summed E-state index contributed by atoms with van der Waals surface area (Å²) in [5.74, 6) is 1.23. The van der Waals surface area contributed by atoms with E-state index in [0.717, 1.165) is 30.7 Å². The van der Waals surface area contributed by atoms with Gasteiger partial charge in [-0.05, 0) is 42.7 Å². The summed E-state index contributed by atoms with van der Waals surface area (Å²) in [6, 6.07) is 11.2. The molecule has 0 aliphatic rings. The first-order valence-corrected chi connectivity index (χ1v) is 8.20. The van der Waals surface area contributed by atoms with E-state index in [-0.39, 0.29) is 5.91 Å². The Kier molecular flexibility index (Phi) is 7.65. The Morgan fingerprint density at radius 1 is 1.04 bits per heavy atom. The number of carbonyl (C=O) groups excluding carboxylic acids is 1. The molecule has 2 rings (SSSR count). The number of hydrogen-bond acceptors (Lipinski definition) is 6. The predicted octanol–water partition coefficient (Wildman–Crippen LogP) is 1.91. The highest BCUT2D eigenvalue weighted by molar-refractivity contribution is 5.92. The van der Waals surface area contributed by atoms with Crippen LogP contribution in [0.3, 0.4) is 0 Å². The standard InChI is InChI=1S/C18H24N4O3/c1-24-13-3-11-19-17-9-8-16(21-22-17)18(23)20-12-10-14-4-6-15(25-2)7-5-14/h4-9H,3,10-13H2,1-2H3,(H,19,22)(H,20,23). The number of hydrogen-bond donors (Lipinski definition) is 2. The van der Waals surface area contributed by atoms with E-state index < -0.39 is 0 Å². The van der Waals surface area contributed by atoms with Crippen molar-refractivity contribution in [2.75, 3.05) is 39.2 Å². The maximum Gasteiger partial charge on any atom is 0.271 e. The second kappa shape index (κ2) is 10.2. The summed E-state index contributed by atoms with van der Waals surface area (Å²) in [5, 5.41) is 13.9. The van der Waals surface area contributed by atoms with Crippen molar-refractivity contribution >= 4 is 11.7 Å². The molecule has 0 saturated heterocycles. The number of methoxy groups -OCH3 is 2. The fourth-order valence-corrected chi connectivity index (χ4v) is 2.18. The van der Waals surface area contributed by atoms with Crippen molar-refractivity contribution in [1.29, 1.82) is 0 Å². The third kappa shape index (κ3) is 6.39. The van der Waals surface area contributed by atoms with Gasteiger partial charge < -0.3 is 20.1 Å². The molecule has 0 unspecified atom stereocenters. The Morgan fingerprint density at radius 3 is 2.48 bits per heavy atom. The van der Waals surface area contributed by atoms with Crippen molar-refractivity contribution in [1.82, 2.24) is 15.5 Å². The SMILES string of the molecule is COCCCNc1ccc(C(=O)NCCc2ccc(OC)cc2)nn1. The molecule has 0 bridgehead atoms. The summed E-state index contributed by atoms with van der Waals surface area (Å²) in [6.07, 6.45) is 1.62. The van der Waals surface area contributed by atoms with Crippen molar-refractivity contribution in [3.8, 4) is 5.75 Å². The Hall–Kier alpha value is -2.67. The van der Waals surface area contributed by atoms with E-state index >= 15 is 0 Å². The average molecular weight is 344 g/mol. The van der Waals surface area contributed by atoms with Gasteiger partial charge in [-0.1, -0.05) is 12.1 Å². The van der Waals surface area contributed by atoms with Gasteiger partial charge in [0.15, 0.2) is 5.69 Å². The highest BCUT2D eigenvalue weighted by Gasteiger charge is 2.07. The lowest BCUT2D eigenvalue weighted by Gasteiger charge is -2.07. The number of rotatable bonds is 10. The number of nitrogens with one attached hydrogen (secondary N) is 2. The number of aromatic nitrogens is 2. The van der Waals surface area contributed by atoms with Crippen LogP contribution in [-0.4, -0.2) is 50.0 Å². The van der Waals surface area contributed by atoms with E-state index in [1.807, 2.05) is 24.3 Å². The molecule has 7 heteroatoms. The second-order valence-electron chi connectivity index (χ2n) is 5.43. The van der Waals surface area contributed by atoms with Crippen molar-refractivity contribution < 1.29 is 14.3 Å². The highest BCUT2D eigenvalue weighted by atomic mass is 16.5. The van der Waals surface area contributed by atoms with Gasteiger partial charge in [0.2, 0.25) is 0 Å². The van der Waals surface area contributed by atoms with Gasteiger partial charge in [0.1, 0.15) is 11.6 Å². The van der Waals surface area contributed by atoms with Gasteiger partial charge >= 0.3 is 0 Å². The van der Waals surface area contributed by atoms with E-state index in [1.54, 1.807) is 26.4 Å². The van der Waals surface area contributed by atoms with Crippen molar-refractivity contribution in [2.45, 2.75) is 12.8 Å². The van der Waals surface area contributed by atoms with Crippen LogP contribution in [0.1, 0.15) is 22.5 Å². The van der Waals surface area contributed by atoms with E-state index in [9.17, 15) is 4.79 Å². The van der Waals surface area contributed by atoms with Gasteiger partial charge in [-0.2, -0.15) is 0 Å². The first kappa shape index (κ1) is 18.7. The molecule has 0 radical (unpaired) electrons. The molecule has 0 fully saturated rings. The van der Waals surface area contributed by atoms with E-state index in [0.29, 0.717) is 24.7 Å². The molecule has 25 heavy (non-hydrogen) atoms. The molecule has 0 spiro atoms. The van der Waals surface area contributed by atoms with Crippen LogP contribution in [0.4, 0.5) is 5.82 Å². The van der Waals surface area contributed by atoms with Gasteiger partial charge in [-0.15, -0.1) is 10.2 Å². The normalized spacial score (nSPS) is 10.3. The third-order valence-corrected chi connectivity index (χ3v) is 3.59. The van der Waals surface area contributed by atoms with E-state index in [2.05, 4.69) is 20.8 Å². The molecular formula is C18H24N4O3. The Morgan fingerprint density at radius 2 is 1.84 bits per heavy atom. The van der Waals surface area contributed by atoms with Crippen LogP contribution in [0.5, 0.6) is 5.75 Å². The minimum Gasteiger partial charge on any atom is -0.497 e. The maximum absolute atomic E-state index is 12.1. The summed E-state index contributed by atoms with van der Waals surface area (Å²) in [5.41, 5.74) is 1.43. The van der Waals surface area contributed by atoms with Crippen molar-refractivity contribution in [3.05, 3.63) is 47.7 Å². The van der Waals surface area contributed by atoms with Gasteiger partial charge in [0, 0.05) is 26.8 Å². The molecule has 0 saturated carbocycles. The third-order valence-electron chi connectivity index (χ3n) is 3.59. The lowest BCUT2D eigenvalue weighted by molar-refractivity contribution is 0.0948. The molecule has 0 aliphatic carbocycles. The van der Waals surface area contributed by atoms with Gasteiger partial charge in [-0.3, -0.25) is 4.79 Å². The summed E-state index contributed by atoms with van der Waals surface area (Å²) in [7, 11) is 3.30. The molecule has 2 aromatic rings. The number of ether oxygens (including phenoxy) is 2. The number of benzene rings is 1. The summed E-state index contributed by atoms with van der Waals surface area (Å²) in [4.78, 5) is 12.1.